The van der Waals surface area contributed by atoms with Crippen LogP contribution in [0.4, 0.5) is 10.6 Å². The summed E-state index contributed by atoms with van der Waals surface area (Å²) in [4.78, 5) is 22.7. The third-order valence-corrected chi connectivity index (χ3v) is 4.54. The van der Waals surface area contributed by atoms with Crippen LogP contribution in [0.5, 0.6) is 0 Å². The fraction of sp³-hybridized carbons (Fsp3) is 0.706. The summed E-state index contributed by atoms with van der Waals surface area (Å²) in [5.74, 6) is 1.95. The number of amides is 1. The van der Waals surface area contributed by atoms with Gasteiger partial charge in [0.2, 0.25) is 0 Å². The van der Waals surface area contributed by atoms with Gasteiger partial charge >= 0.3 is 6.09 Å². The van der Waals surface area contributed by atoms with Crippen LogP contribution in [-0.4, -0.2) is 45.7 Å². The average Bonchev–Trinajstić information content (AvgIpc) is 2.97. The zero-order valence-corrected chi connectivity index (χ0v) is 14.4. The molecule has 1 aliphatic carbocycles. The lowest BCUT2D eigenvalue weighted by molar-refractivity contribution is 0.0280. The van der Waals surface area contributed by atoms with Crippen molar-refractivity contribution in [3.05, 3.63) is 18.1 Å². The van der Waals surface area contributed by atoms with Crippen LogP contribution in [0.15, 0.2) is 12.4 Å². The number of aryl methyl sites for hydroxylation is 1. The fourth-order valence-corrected chi connectivity index (χ4v) is 3.57. The van der Waals surface area contributed by atoms with E-state index in [1.54, 1.807) is 12.4 Å². The molecule has 23 heavy (non-hydrogen) atoms. The van der Waals surface area contributed by atoms with Crippen LogP contribution in [0, 0.1) is 18.8 Å². The smallest absolute Gasteiger partial charge is 0.410 e. The molecule has 1 aromatic heterocycles. The van der Waals surface area contributed by atoms with Crippen LogP contribution in [0.3, 0.4) is 0 Å². The van der Waals surface area contributed by atoms with Crippen molar-refractivity contribution in [3.63, 3.8) is 0 Å². The Balaban J connectivity index is 1.51. The van der Waals surface area contributed by atoms with Crippen LogP contribution in [-0.2, 0) is 4.74 Å². The van der Waals surface area contributed by atoms with Crippen molar-refractivity contribution in [2.24, 2.45) is 11.8 Å². The minimum Gasteiger partial charge on any atom is -0.444 e. The number of nitrogens with zero attached hydrogens (tertiary/aromatic N) is 3. The van der Waals surface area contributed by atoms with Crippen LogP contribution >= 0.6 is 0 Å². The summed E-state index contributed by atoms with van der Waals surface area (Å²) < 4.78 is 5.47. The first-order valence-electron chi connectivity index (χ1n) is 8.33. The maximum Gasteiger partial charge on any atom is 0.410 e. The second kappa shape index (κ2) is 5.98. The number of carbonyl (C=O) groups is 1. The lowest BCUT2D eigenvalue weighted by Crippen LogP contribution is -2.36. The van der Waals surface area contributed by atoms with Gasteiger partial charge in [-0.2, -0.15) is 0 Å². The van der Waals surface area contributed by atoms with Gasteiger partial charge in [0.1, 0.15) is 11.4 Å². The number of carbonyl (C=O) groups excluding carboxylic acids is 1. The monoisotopic (exact) mass is 318 g/mol. The Morgan fingerprint density at radius 1 is 1.22 bits per heavy atom. The predicted octanol–water partition coefficient (Wildman–Crippen LogP) is 2.84. The number of rotatable bonds is 2. The number of ether oxygens (including phenoxy) is 1. The number of fused-ring (bicyclic) bond motifs is 1. The molecule has 1 saturated carbocycles. The first-order valence-corrected chi connectivity index (χ1v) is 8.33. The number of aromatic nitrogens is 2. The molecule has 3 rings (SSSR count). The maximum atomic E-state index is 12.2. The van der Waals surface area contributed by atoms with E-state index in [4.69, 9.17) is 4.74 Å². The molecule has 3 atom stereocenters. The van der Waals surface area contributed by atoms with E-state index in [1.165, 1.54) is 0 Å². The summed E-state index contributed by atoms with van der Waals surface area (Å²) in [6.07, 6.45) is 5.53. The number of hydrogen-bond donors (Lipinski definition) is 1. The lowest BCUT2D eigenvalue weighted by atomic mass is 10.0. The Hall–Kier alpha value is -1.85. The van der Waals surface area contributed by atoms with Crippen LogP contribution in [0.25, 0.3) is 0 Å². The van der Waals surface area contributed by atoms with Gasteiger partial charge in [-0.05, 0) is 52.4 Å². The lowest BCUT2D eigenvalue weighted by Gasteiger charge is -2.25. The van der Waals surface area contributed by atoms with Gasteiger partial charge in [0, 0.05) is 19.1 Å². The number of likely N-dealkylation sites (tertiary alicyclic amines) is 1. The molecular formula is C17H26N4O2. The highest BCUT2D eigenvalue weighted by Gasteiger charge is 2.43. The standard InChI is InChI=1S/C17H26N4O2/c1-11-7-19-15(8-18-11)20-14-5-12-9-21(10-13(12)6-14)16(22)23-17(2,3)4/h7-8,12-14H,5-6,9-10H2,1-4H3,(H,19,20)/t12-,13+,14?. The van der Waals surface area contributed by atoms with Gasteiger partial charge in [0.05, 0.1) is 18.1 Å². The summed E-state index contributed by atoms with van der Waals surface area (Å²) in [5, 5.41) is 3.47. The molecule has 1 unspecified atom stereocenters. The van der Waals surface area contributed by atoms with Crippen molar-refractivity contribution >= 4 is 11.9 Å². The molecule has 0 radical (unpaired) electrons. The molecule has 2 fully saturated rings. The van der Waals surface area contributed by atoms with E-state index in [1.807, 2.05) is 32.6 Å². The van der Waals surface area contributed by atoms with Crippen LogP contribution < -0.4 is 5.32 Å². The van der Waals surface area contributed by atoms with Crippen molar-refractivity contribution < 1.29 is 9.53 Å². The minimum atomic E-state index is -0.428. The third kappa shape index (κ3) is 3.92. The molecule has 6 nitrogen and oxygen atoms in total. The molecular weight excluding hydrogens is 292 g/mol. The predicted molar refractivity (Wildman–Crippen MR) is 88.2 cm³/mol. The van der Waals surface area contributed by atoms with Crippen LogP contribution in [0.2, 0.25) is 0 Å². The second-order valence-electron chi connectivity index (χ2n) is 7.76. The van der Waals surface area contributed by atoms with E-state index in [0.717, 1.165) is 37.4 Å². The molecule has 2 aliphatic rings. The fourth-order valence-electron chi connectivity index (χ4n) is 3.57. The maximum absolute atomic E-state index is 12.2. The first-order chi connectivity index (χ1) is 10.8. The molecule has 1 amide bonds. The quantitative estimate of drug-likeness (QED) is 0.908. The van der Waals surface area contributed by atoms with E-state index in [-0.39, 0.29) is 6.09 Å². The summed E-state index contributed by atoms with van der Waals surface area (Å²) in [6, 6.07) is 0.419. The Bertz CT molecular complexity index is 553. The zero-order chi connectivity index (χ0) is 16.6. The van der Waals surface area contributed by atoms with Gasteiger partial charge in [-0.3, -0.25) is 4.98 Å². The van der Waals surface area contributed by atoms with Crippen molar-refractivity contribution in [2.75, 3.05) is 18.4 Å². The summed E-state index contributed by atoms with van der Waals surface area (Å²) >= 11 is 0. The molecule has 2 heterocycles. The van der Waals surface area contributed by atoms with Crippen molar-refractivity contribution in [2.45, 2.75) is 52.2 Å². The Labute approximate surface area is 137 Å². The molecule has 0 aromatic carbocycles. The van der Waals surface area contributed by atoms with E-state index in [0.29, 0.717) is 17.9 Å². The van der Waals surface area contributed by atoms with Crippen molar-refractivity contribution in [1.82, 2.24) is 14.9 Å². The largest absolute Gasteiger partial charge is 0.444 e. The number of anilines is 1. The molecule has 0 bridgehead atoms. The highest BCUT2D eigenvalue weighted by atomic mass is 16.6. The van der Waals surface area contributed by atoms with Crippen LogP contribution in [0.1, 0.15) is 39.3 Å². The van der Waals surface area contributed by atoms with Crippen molar-refractivity contribution in [1.29, 1.82) is 0 Å². The molecule has 6 heteroatoms. The number of hydrogen-bond acceptors (Lipinski definition) is 5. The zero-order valence-electron chi connectivity index (χ0n) is 14.4. The molecule has 1 N–H and O–H groups in total. The normalized spacial score (nSPS) is 27.0. The second-order valence-corrected chi connectivity index (χ2v) is 7.76. The highest BCUT2D eigenvalue weighted by Crippen LogP contribution is 2.39. The van der Waals surface area contributed by atoms with E-state index in [2.05, 4.69) is 15.3 Å². The molecule has 1 aliphatic heterocycles. The highest BCUT2D eigenvalue weighted by molar-refractivity contribution is 5.68. The van der Waals surface area contributed by atoms with Crippen molar-refractivity contribution in [3.8, 4) is 0 Å². The Morgan fingerprint density at radius 2 is 1.87 bits per heavy atom. The summed E-state index contributed by atoms with van der Waals surface area (Å²) in [6.45, 7) is 9.26. The molecule has 1 aromatic rings. The molecule has 1 saturated heterocycles. The van der Waals surface area contributed by atoms with Gasteiger partial charge in [0.25, 0.3) is 0 Å². The van der Waals surface area contributed by atoms with Gasteiger partial charge < -0.3 is 15.0 Å². The van der Waals surface area contributed by atoms with E-state index in [9.17, 15) is 4.79 Å². The van der Waals surface area contributed by atoms with Gasteiger partial charge in [-0.1, -0.05) is 0 Å². The Morgan fingerprint density at radius 3 is 2.39 bits per heavy atom. The summed E-state index contributed by atoms with van der Waals surface area (Å²) in [7, 11) is 0. The Kier molecular flexibility index (Phi) is 4.17. The SMILES string of the molecule is Cc1cnc(NC2C[C@@H]3CN(C(=O)OC(C)(C)C)C[C@@H]3C2)cn1. The van der Waals surface area contributed by atoms with Gasteiger partial charge in [-0.25, -0.2) is 9.78 Å². The summed E-state index contributed by atoms with van der Waals surface area (Å²) in [5.41, 5.74) is 0.495. The first kappa shape index (κ1) is 16.0. The van der Waals surface area contributed by atoms with Gasteiger partial charge in [-0.15, -0.1) is 0 Å². The molecule has 0 spiro atoms. The van der Waals surface area contributed by atoms with Gasteiger partial charge in [0.15, 0.2) is 0 Å². The average molecular weight is 318 g/mol. The molecule has 126 valence electrons. The minimum absolute atomic E-state index is 0.180. The topological polar surface area (TPSA) is 67.4 Å². The van der Waals surface area contributed by atoms with E-state index >= 15 is 0 Å². The van der Waals surface area contributed by atoms with E-state index < -0.39 is 5.60 Å². The number of nitrogens with one attached hydrogen (secondary N) is 1. The third-order valence-electron chi connectivity index (χ3n) is 4.54.